The number of benzene rings is 3. The lowest BCUT2D eigenvalue weighted by Gasteiger charge is -2.61. The highest BCUT2D eigenvalue weighted by Gasteiger charge is 2.57. The molecular weight excluding hydrogens is 543 g/mol. The molecule has 3 aliphatic rings. The molecule has 7 rings (SSSR count). The first-order valence-corrected chi connectivity index (χ1v) is 13.2. The van der Waals surface area contributed by atoms with Crippen LogP contribution in [-0.4, -0.2) is 30.6 Å². The summed E-state index contributed by atoms with van der Waals surface area (Å²) in [6.45, 7) is 0. The van der Waals surface area contributed by atoms with Gasteiger partial charge in [-0.2, -0.15) is 13.2 Å². The fraction of sp³-hybridized carbons (Fsp3) is 0.290. The highest BCUT2D eigenvalue weighted by molar-refractivity contribution is 6.12. The minimum absolute atomic E-state index is 0.00664. The van der Waals surface area contributed by atoms with Crippen LogP contribution in [0.4, 0.5) is 22.0 Å². The van der Waals surface area contributed by atoms with Crippen molar-refractivity contribution >= 4 is 22.8 Å². The third kappa shape index (κ3) is 4.85. The number of amides is 2. The third-order valence-electron chi connectivity index (χ3n) is 8.07. The minimum Gasteiger partial charge on any atom is -0.455 e. The Morgan fingerprint density at radius 1 is 0.976 bits per heavy atom. The Bertz CT molecular complexity index is 1670. The van der Waals surface area contributed by atoms with Crippen molar-refractivity contribution < 1.29 is 36.0 Å². The lowest BCUT2D eigenvalue weighted by atomic mass is 9.50. The van der Waals surface area contributed by atoms with E-state index < -0.39 is 36.6 Å². The predicted molar refractivity (Wildman–Crippen MR) is 142 cm³/mol. The van der Waals surface area contributed by atoms with Crippen LogP contribution in [0.5, 0.6) is 0 Å². The maximum Gasteiger partial charge on any atom is 0.389 e. The van der Waals surface area contributed by atoms with E-state index in [0.29, 0.717) is 5.92 Å². The number of hydrogen-bond donors (Lipinski definition) is 2. The van der Waals surface area contributed by atoms with Crippen LogP contribution in [0.1, 0.15) is 52.0 Å². The first-order valence-electron chi connectivity index (χ1n) is 13.2. The summed E-state index contributed by atoms with van der Waals surface area (Å²) in [5.41, 5.74) is 0.0810. The van der Waals surface area contributed by atoms with Crippen LogP contribution in [0, 0.1) is 17.6 Å². The molecule has 0 atom stereocenters. The Labute approximate surface area is 231 Å². The second kappa shape index (κ2) is 9.71. The summed E-state index contributed by atoms with van der Waals surface area (Å²) in [7, 11) is 1.35. The van der Waals surface area contributed by atoms with Gasteiger partial charge in [0, 0.05) is 35.7 Å². The van der Waals surface area contributed by atoms with E-state index >= 15 is 4.39 Å². The van der Waals surface area contributed by atoms with Crippen molar-refractivity contribution in [2.75, 3.05) is 7.05 Å². The van der Waals surface area contributed by atoms with Crippen molar-refractivity contribution in [2.45, 2.75) is 43.8 Å². The van der Waals surface area contributed by atoms with Gasteiger partial charge in [-0.3, -0.25) is 9.59 Å². The van der Waals surface area contributed by atoms with Gasteiger partial charge in [-0.15, -0.1) is 0 Å². The molecule has 2 bridgehead atoms. The van der Waals surface area contributed by atoms with Crippen molar-refractivity contribution in [1.82, 2.24) is 10.6 Å². The summed E-state index contributed by atoms with van der Waals surface area (Å²) < 4.78 is 75.9. The molecule has 0 spiro atoms. The number of halogens is 5. The molecule has 3 saturated carbocycles. The normalized spacial score (nSPS) is 19.4. The fourth-order valence-corrected chi connectivity index (χ4v) is 5.96. The predicted octanol–water partition coefficient (Wildman–Crippen LogP) is 7.18. The Morgan fingerprint density at radius 3 is 2.29 bits per heavy atom. The number of carbonyl (C=O) groups excluding carboxylic acids is 2. The molecule has 0 radical (unpaired) electrons. The number of furan rings is 1. The van der Waals surface area contributed by atoms with Gasteiger partial charge < -0.3 is 15.1 Å². The first kappa shape index (κ1) is 27.0. The number of fused-ring (bicyclic) bond motifs is 1. The highest BCUT2D eigenvalue weighted by atomic mass is 19.4. The smallest absolute Gasteiger partial charge is 0.389 e. The molecule has 3 fully saturated rings. The summed E-state index contributed by atoms with van der Waals surface area (Å²) in [6.07, 6.45) is -3.53. The van der Waals surface area contributed by atoms with Gasteiger partial charge in [-0.05, 0) is 85.2 Å². The largest absolute Gasteiger partial charge is 0.455 e. The summed E-state index contributed by atoms with van der Waals surface area (Å²) >= 11 is 0. The van der Waals surface area contributed by atoms with E-state index in [-0.39, 0.29) is 61.6 Å². The molecule has 10 heteroatoms. The Kier molecular flexibility index (Phi) is 6.39. The summed E-state index contributed by atoms with van der Waals surface area (Å²) in [4.78, 5) is 26.0. The molecule has 41 heavy (non-hydrogen) atoms. The van der Waals surface area contributed by atoms with Crippen LogP contribution in [0.25, 0.3) is 33.4 Å². The zero-order chi connectivity index (χ0) is 29.1. The second-order valence-electron chi connectivity index (χ2n) is 10.9. The molecule has 3 aromatic carbocycles. The first-order chi connectivity index (χ1) is 19.5. The van der Waals surface area contributed by atoms with Gasteiger partial charge in [0.1, 0.15) is 23.0 Å². The highest BCUT2D eigenvalue weighted by Crippen LogP contribution is 2.57. The molecule has 1 aromatic heterocycles. The fourth-order valence-electron chi connectivity index (χ4n) is 5.96. The number of alkyl halides is 3. The standard InChI is InChI=1S/C31H25F5N2O3/c1-37-29(40)25-24-22(41-27(25)17-5-7-21(32)8-6-17)12-19(9-10-31(34,35)36)23(26(24)33)18-3-2-4-20(11-18)28(39)38-30-13-16(14-30)15-30/h2-8,11-12,16H,9-10,13-15H2,1H3,(H,37,40)(H,38,39). The molecule has 0 unspecified atom stereocenters. The van der Waals surface area contributed by atoms with E-state index in [9.17, 15) is 27.2 Å². The van der Waals surface area contributed by atoms with Gasteiger partial charge in [0.15, 0.2) is 0 Å². The number of hydrogen-bond acceptors (Lipinski definition) is 3. The Morgan fingerprint density at radius 2 is 1.68 bits per heavy atom. The van der Waals surface area contributed by atoms with E-state index in [0.717, 1.165) is 31.4 Å². The second-order valence-corrected chi connectivity index (χ2v) is 10.9. The van der Waals surface area contributed by atoms with Crippen LogP contribution in [0.15, 0.2) is 59.0 Å². The summed E-state index contributed by atoms with van der Waals surface area (Å²) in [5, 5.41) is 5.26. The lowest BCUT2D eigenvalue weighted by molar-refractivity contribution is -0.133. The molecular formula is C31H25F5N2O3. The topological polar surface area (TPSA) is 71.3 Å². The van der Waals surface area contributed by atoms with Gasteiger partial charge in [-0.25, -0.2) is 8.78 Å². The molecule has 0 aliphatic heterocycles. The Balaban J connectivity index is 1.52. The van der Waals surface area contributed by atoms with Crippen LogP contribution < -0.4 is 10.6 Å². The van der Waals surface area contributed by atoms with Crippen molar-refractivity contribution in [2.24, 2.45) is 5.92 Å². The zero-order valence-electron chi connectivity index (χ0n) is 21.9. The third-order valence-corrected chi connectivity index (χ3v) is 8.07. The van der Waals surface area contributed by atoms with E-state index in [4.69, 9.17) is 4.42 Å². The summed E-state index contributed by atoms with van der Waals surface area (Å²) in [5.74, 6) is -1.93. The lowest BCUT2D eigenvalue weighted by Crippen LogP contribution is -2.68. The van der Waals surface area contributed by atoms with Gasteiger partial charge >= 0.3 is 6.18 Å². The molecule has 1 heterocycles. The van der Waals surface area contributed by atoms with Crippen LogP contribution in [0.3, 0.4) is 0 Å². The van der Waals surface area contributed by atoms with Gasteiger partial charge in [0.05, 0.1) is 10.9 Å². The molecule has 2 N–H and O–H groups in total. The van der Waals surface area contributed by atoms with Crippen molar-refractivity contribution in [1.29, 1.82) is 0 Å². The van der Waals surface area contributed by atoms with E-state index in [1.807, 2.05) is 0 Å². The van der Waals surface area contributed by atoms with E-state index in [1.54, 1.807) is 12.1 Å². The van der Waals surface area contributed by atoms with Crippen LogP contribution in [-0.2, 0) is 6.42 Å². The number of aryl methyl sites for hydroxylation is 1. The SMILES string of the molecule is CNC(=O)c1c(-c2ccc(F)cc2)oc2cc(CCC(F)(F)F)c(-c3cccc(C(=O)NC45CC(C4)C5)c3)c(F)c12. The van der Waals surface area contributed by atoms with Crippen LogP contribution >= 0.6 is 0 Å². The quantitative estimate of drug-likeness (QED) is 0.232. The van der Waals surface area contributed by atoms with E-state index in [1.165, 1.54) is 37.4 Å². The van der Waals surface area contributed by atoms with Crippen molar-refractivity contribution in [3.63, 3.8) is 0 Å². The number of rotatable bonds is 7. The molecule has 4 aromatic rings. The van der Waals surface area contributed by atoms with Gasteiger partial charge in [0.2, 0.25) is 0 Å². The molecule has 212 valence electrons. The van der Waals surface area contributed by atoms with Gasteiger partial charge in [-0.1, -0.05) is 12.1 Å². The monoisotopic (exact) mass is 568 g/mol. The maximum atomic E-state index is 16.6. The maximum absolute atomic E-state index is 16.6. The van der Waals surface area contributed by atoms with Gasteiger partial charge in [0.25, 0.3) is 11.8 Å². The van der Waals surface area contributed by atoms with Crippen molar-refractivity contribution in [3.05, 3.63) is 82.9 Å². The Hall–Kier alpha value is -4.21. The molecule has 5 nitrogen and oxygen atoms in total. The average Bonchev–Trinajstić information content (AvgIpc) is 3.28. The van der Waals surface area contributed by atoms with Crippen LogP contribution in [0.2, 0.25) is 0 Å². The average molecular weight is 569 g/mol. The number of nitrogens with one attached hydrogen (secondary N) is 2. The zero-order valence-corrected chi connectivity index (χ0v) is 21.9. The van der Waals surface area contributed by atoms with Crippen molar-refractivity contribution in [3.8, 4) is 22.5 Å². The minimum atomic E-state index is -4.51. The number of carbonyl (C=O) groups is 2. The van der Waals surface area contributed by atoms with E-state index in [2.05, 4.69) is 10.6 Å². The molecule has 2 amide bonds. The molecule has 0 saturated heterocycles. The molecule has 3 aliphatic carbocycles. The summed E-state index contributed by atoms with van der Waals surface area (Å²) in [6, 6.07) is 12.4.